The van der Waals surface area contributed by atoms with Crippen molar-refractivity contribution in [2.24, 2.45) is 0 Å². The molecule has 0 bridgehead atoms. The van der Waals surface area contributed by atoms with Gasteiger partial charge in [0, 0.05) is 30.7 Å². The van der Waals surface area contributed by atoms with Crippen molar-refractivity contribution >= 4 is 16.9 Å². The van der Waals surface area contributed by atoms with Crippen molar-refractivity contribution in [3.8, 4) is 5.75 Å². The summed E-state index contributed by atoms with van der Waals surface area (Å²) in [5.74, 6) is 1.39. The topological polar surface area (TPSA) is 105 Å². The number of nitro benzene ring substituents is 2. The van der Waals surface area contributed by atoms with Gasteiger partial charge in [-0.15, -0.1) is 0 Å². The third kappa shape index (κ3) is 4.94. The van der Waals surface area contributed by atoms with E-state index in [9.17, 15) is 20.2 Å². The molecule has 144 valence electrons. The van der Waals surface area contributed by atoms with Crippen LogP contribution in [0.25, 0.3) is 5.57 Å². The quantitative estimate of drug-likeness (QED) is 0.373. The molecule has 0 heterocycles. The van der Waals surface area contributed by atoms with Gasteiger partial charge in [0.15, 0.2) is 0 Å². The van der Waals surface area contributed by atoms with Crippen LogP contribution in [0.1, 0.15) is 18.4 Å². The van der Waals surface area contributed by atoms with Crippen LogP contribution in [0.4, 0.5) is 11.4 Å². The Morgan fingerprint density at radius 1 is 0.750 bits per heavy atom. The molecule has 0 aliphatic heterocycles. The third-order valence-electron chi connectivity index (χ3n) is 4.25. The highest BCUT2D eigenvalue weighted by Gasteiger charge is 2.11. The number of hydrogen-bond donors (Lipinski definition) is 0. The maximum atomic E-state index is 10.7. The SMILES string of the molecule is O=[N+]([O-])c1ccc(OCCOC2=CC=C(c3ccc([N+](=O)[O-])cc3)CC2)cc1. The van der Waals surface area contributed by atoms with Crippen molar-refractivity contribution in [1.82, 2.24) is 0 Å². The largest absolute Gasteiger partial charge is 0.494 e. The van der Waals surface area contributed by atoms with Crippen LogP contribution in [-0.2, 0) is 4.74 Å². The molecule has 3 rings (SSSR count). The van der Waals surface area contributed by atoms with E-state index in [1.807, 2.05) is 12.2 Å². The first-order valence-electron chi connectivity index (χ1n) is 8.67. The van der Waals surface area contributed by atoms with E-state index in [4.69, 9.17) is 9.47 Å². The van der Waals surface area contributed by atoms with E-state index in [0.717, 1.165) is 29.7 Å². The number of ether oxygens (including phenoxy) is 2. The summed E-state index contributed by atoms with van der Waals surface area (Å²) in [6.07, 6.45) is 5.37. The molecule has 8 nitrogen and oxygen atoms in total. The zero-order chi connectivity index (χ0) is 19.9. The molecular formula is C20H18N2O6. The Bertz CT molecular complexity index is 917. The Kier molecular flexibility index (Phi) is 6.01. The first kappa shape index (κ1) is 19.1. The molecule has 0 N–H and O–H groups in total. The maximum absolute atomic E-state index is 10.7. The fraction of sp³-hybridized carbons (Fsp3) is 0.200. The van der Waals surface area contributed by atoms with Crippen molar-refractivity contribution in [2.45, 2.75) is 12.8 Å². The van der Waals surface area contributed by atoms with Gasteiger partial charge in [0.05, 0.1) is 15.6 Å². The van der Waals surface area contributed by atoms with Crippen LogP contribution in [-0.4, -0.2) is 23.1 Å². The van der Waals surface area contributed by atoms with Gasteiger partial charge in [-0.1, -0.05) is 6.08 Å². The molecule has 0 radical (unpaired) electrons. The molecular weight excluding hydrogens is 364 g/mol. The minimum absolute atomic E-state index is 0.0200. The van der Waals surface area contributed by atoms with E-state index in [1.54, 1.807) is 24.3 Å². The molecule has 1 aliphatic rings. The monoisotopic (exact) mass is 382 g/mol. The zero-order valence-electron chi connectivity index (χ0n) is 14.9. The van der Waals surface area contributed by atoms with Crippen LogP contribution in [0.2, 0.25) is 0 Å². The number of non-ortho nitro benzene ring substituents is 2. The van der Waals surface area contributed by atoms with E-state index < -0.39 is 9.85 Å². The maximum Gasteiger partial charge on any atom is 0.269 e. The standard InChI is InChI=1S/C20H18N2O6/c23-21(24)17-5-1-15(2-6-17)16-3-9-19(10-4-16)27-13-14-28-20-11-7-18(8-12-20)22(25)26/h1-3,5-9,11-12H,4,10,13-14H2. The lowest BCUT2D eigenvalue weighted by atomic mass is 9.96. The van der Waals surface area contributed by atoms with E-state index in [1.165, 1.54) is 24.3 Å². The molecule has 28 heavy (non-hydrogen) atoms. The lowest BCUT2D eigenvalue weighted by molar-refractivity contribution is -0.385. The van der Waals surface area contributed by atoms with Gasteiger partial charge in [-0.25, -0.2) is 0 Å². The number of benzene rings is 2. The lowest BCUT2D eigenvalue weighted by Crippen LogP contribution is -2.07. The molecule has 2 aromatic carbocycles. The van der Waals surface area contributed by atoms with Gasteiger partial charge >= 0.3 is 0 Å². The van der Waals surface area contributed by atoms with Crippen molar-refractivity contribution in [2.75, 3.05) is 13.2 Å². The summed E-state index contributed by atoms with van der Waals surface area (Å²) in [4.78, 5) is 20.5. The van der Waals surface area contributed by atoms with Gasteiger partial charge in [0.2, 0.25) is 0 Å². The van der Waals surface area contributed by atoms with Crippen molar-refractivity contribution in [3.63, 3.8) is 0 Å². The molecule has 0 amide bonds. The second-order valence-electron chi connectivity index (χ2n) is 6.08. The Labute approximate surface area is 161 Å². The minimum atomic E-state index is -0.457. The molecule has 0 saturated carbocycles. The second kappa shape index (κ2) is 8.81. The molecule has 1 aliphatic carbocycles. The highest BCUT2D eigenvalue weighted by molar-refractivity contribution is 5.69. The van der Waals surface area contributed by atoms with Crippen molar-refractivity contribution in [1.29, 1.82) is 0 Å². The van der Waals surface area contributed by atoms with Crippen LogP contribution in [0.5, 0.6) is 5.75 Å². The van der Waals surface area contributed by atoms with Gasteiger partial charge in [-0.3, -0.25) is 20.2 Å². The molecule has 0 spiro atoms. The summed E-state index contributed by atoms with van der Waals surface area (Å²) < 4.78 is 11.2. The smallest absolute Gasteiger partial charge is 0.269 e. The fourth-order valence-corrected chi connectivity index (χ4v) is 2.77. The summed E-state index contributed by atoms with van der Waals surface area (Å²) in [6, 6.07) is 12.4. The number of hydrogen-bond acceptors (Lipinski definition) is 6. The normalized spacial score (nSPS) is 13.3. The van der Waals surface area contributed by atoms with Gasteiger partial charge < -0.3 is 9.47 Å². The van der Waals surface area contributed by atoms with E-state index in [0.29, 0.717) is 19.0 Å². The molecule has 2 aromatic rings. The Morgan fingerprint density at radius 2 is 1.32 bits per heavy atom. The van der Waals surface area contributed by atoms with E-state index in [2.05, 4.69) is 0 Å². The first-order valence-corrected chi connectivity index (χ1v) is 8.67. The Balaban J connectivity index is 1.47. The Hall–Kier alpha value is -3.68. The molecule has 0 saturated heterocycles. The molecule has 0 atom stereocenters. The van der Waals surface area contributed by atoms with Gasteiger partial charge in [-0.05, 0) is 47.9 Å². The first-order chi connectivity index (χ1) is 13.5. The van der Waals surface area contributed by atoms with Crippen LogP contribution in [0.3, 0.4) is 0 Å². The average molecular weight is 382 g/mol. The van der Waals surface area contributed by atoms with E-state index in [-0.39, 0.29) is 11.4 Å². The molecule has 0 unspecified atom stereocenters. The van der Waals surface area contributed by atoms with Crippen molar-refractivity contribution < 1.29 is 19.3 Å². The number of nitro groups is 2. The summed E-state index contributed by atoms with van der Waals surface area (Å²) in [5.41, 5.74) is 2.16. The lowest BCUT2D eigenvalue weighted by Gasteiger charge is -2.16. The summed E-state index contributed by atoms with van der Waals surface area (Å²) >= 11 is 0. The average Bonchev–Trinajstić information content (AvgIpc) is 2.72. The van der Waals surface area contributed by atoms with Gasteiger partial charge in [0.25, 0.3) is 11.4 Å². The zero-order valence-corrected chi connectivity index (χ0v) is 14.9. The van der Waals surface area contributed by atoms with E-state index >= 15 is 0 Å². The highest BCUT2D eigenvalue weighted by Crippen LogP contribution is 2.28. The Morgan fingerprint density at radius 3 is 1.86 bits per heavy atom. The minimum Gasteiger partial charge on any atom is -0.494 e. The number of rotatable bonds is 8. The van der Waals surface area contributed by atoms with Crippen LogP contribution in [0.15, 0.2) is 66.4 Å². The summed E-state index contributed by atoms with van der Waals surface area (Å²) in [5, 5.41) is 21.3. The summed E-state index contributed by atoms with van der Waals surface area (Å²) in [6.45, 7) is 0.692. The second-order valence-corrected chi connectivity index (χ2v) is 6.08. The molecule has 0 fully saturated rings. The number of nitrogens with zero attached hydrogens (tertiary/aromatic N) is 2. The van der Waals surface area contributed by atoms with Crippen LogP contribution >= 0.6 is 0 Å². The fourth-order valence-electron chi connectivity index (χ4n) is 2.77. The molecule has 0 aromatic heterocycles. The predicted molar refractivity (Wildman–Crippen MR) is 103 cm³/mol. The summed E-state index contributed by atoms with van der Waals surface area (Å²) in [7, 11) is 0. The van der Waals surface area contributed by atoms with Crippen LogP contribution in [0, 0.1) is 20.2 Å². The van der Waals surface area contributed by atoms with Gasteiger partial charge in [-0.2, -0.15) is 0 Å². The van der Waals surface area contributed by atoms with Crippen LogP contribution < -0.4 is 4.74 Å². The van der Waals surface area contributed by atoms with Gasteiger partial charge in [0.1, 0.15) is 19.0 Å². The molecule has 8 heteroatoms. The predicted octanol–water partition coefficient (Wildman–Crippen LogP) is 4.66. The highest BCUT2D eigenvalue weighted by atomic mass is 16.6. The van der Waals surface area contributed by atoms with Crippen molar-refractivity contribution in [3.05, 3.63) is 92.2 Å². The third-order valence-corrected chi connectivity index (χ3v) is 4.25. The number of allylic oxidation sites excluding steroid dienone is 4.